The Morgan fingerprint density at radius 1 is 0.347 bits per heavy atom. The first kappa shape index (κ1) is 71.1. The molecule has 10 aliphatic rings. The fourth-order valence-corrected chi connectivity index (χ4v) is 15.7. The molecule has 10 saturated carbocycles. The molecule has 448 valence electrons. The van der Waals surface area contributed by atoms with Crippen LogP contribution in [0.2, 0.25) is 0 Å². The second kappa shape index (κ2) is 37.2. The van der Waals surface area contributed by atoms with Crippen LogP contribution in [0.15, 0.2) is 0 Å². The summed E-state index contributed by atoms with van der Waals surface area (Å²) in [5, 5.41) is 0. The smallest absolute Gasteiger partial charge is 0.0257 e. The molecule has 0 aromatic carbocycles. The summed E-state index contributed by atoms with van der Waals surface area (Å²) >= 11 is 0. The van der Waals surface area contributed by atoms with Gasteiger partial charge in [-0.15, -0.1) is 0 Å². The fourth-order valence-electron chi connectivity index (χ4n) is 15.7. The standard InChI is InChI=1S/C11H24.2C8H14.6C8H16/c1-9(2,3)11(7,8)10(4,5)6;1-6-4-7-2-3-8(6)5-7;1-6-7-2-3-8(6)5-4-7;1-7-3-5-8(2)6-4-7;1-7-4-3-5-8(2)6-7;1-8(2)6-4-3-5-7-8;1-7-5-3-4-6-8(7)2;1-2-8-6-4-3-5-7-8;1-2-5-8-6-3-4-7-8/h1-8H3;2*6-8H,2-5H2,1H3;2*7-8H,3-6H2,1-2H3;3-7H2,1-2H3;7-8H,3-6H2,1-2H3;2*8H,2-7H2,1H3/t;6-,7?,8?;;;7-,8?;;7-,8?;;/m.0..1.1../s1. The summed E-state index contributed by atoms with van der Waals surface area (Å²) in [5.41, 5.74) is 1.81. The summed E-state index contributed by atoms with van der Waals surface area (Å²) in [4.78, 5) is 0. The summed E-state index contributed by atoms with van der Waals surface area (Å²) in [5.74, 6) is 15.0. The molecule has 0 aliphatic heterocycles. The van der Waals surface area contributed by atoms with Crippen LogP contribution in [0.4, 0.5) is 0 Å². The van der Waals surface area contributed by atoms with Crippen molar-refractivity contribution < 1.29 is 0 Å². The Morgan fingerprint density at radius 2 is 0.747 bits per heavy atom. The molecule has 0 aromatic heterocycles. The maximum absolute atomic E-state index is 2.44. The van der Waals surface area contributed by atoms with E-state index in [9.17, 15) is 0 Å². The molecule has 0 spiro atoms. The predicted octanol–water partition coefficient (Wildman–Crippen LogP) is 26.4. The number of fused-ring (bicyclic) bond motifs is 4. The minimum Gasteiger partial charge on any atom is -0.0654 e. The van der Waals surface area contributed by atoms with E-state index in [4.69, 9.17) is 0 Å². The van der Waals surface area contributed by atoms with E-state index in [0.717, 1.165) is 82.9 Å². The average molecular weight is 1050 g/mol. The predicted molar refractivity (Wildman–Crippen MR) is 343 cm³/mol. The average Bonchev–Trinajstić information content (AvgIpc) is 4.24. The van der Waals surface area contributed by atoms with E-state index in [1.807, 2.05) is 0 Å². The summed E-state index contributed by atoms with van der Waals surface area (Å²) < 4.78 is 0. The molecular weight excluding hydrogens is 901 g/mol. The summed E-state index contributed by atoms with van der Waals surface area (Å²) in [6.45, 7) is 47.1. The van der Waals surface area contributed by atoms with Gasteiger partial charge in [-0.1, -0.05) is 312 Å². The third-order valence-electron chi connectivity index (χ3n) is 23.9. The van der Waals surface area contributed by atoms with Crippen molar-refractivity contribution in [2.24, 2.45) is 105 Å². The molecule has 0 N–H and O–H groups in total. The number of rotatable bonds is 3. The quantitative estimate of drug-likeness (QED) is 0.264. The van der Waals surface area contributed by atoms with Gasteiger partial charge in [-0.05, 0) is 169 Å². The molecule has 10 aliphatic carbocycles. The van der Waals surface area contributed by atoms with Crippen molar-refractivity contribution >= 4 is 0 Å². The third kappa shape index (κ3) is 29.5. The van der Waals surface area contributed by atoms with Crippen LogP contribution in [0.5, 0.6) is 0 Å². The molecule has 4 unspecified atom stereocenters. The highest BCUT2D eigenvalue weighted by Crippen LogP contribution is 2.51. The van der Waals surface area contributed by atoms with Gasteiger partial charge in [-0.2, -0.15) is 0 Å². The SMILES string of the molecule is CC(C)(C)C(C)(C)C(C)(C)C.CC1(C)CCCCC1.CC1C2CCC1CC2.CC1CCC(C)CC1.CC1CCCC[C@H]1C.CC1CCC[C@@H](C)C1.CCC1CCCCC1.CCCC1CCCC1.C[C@H]1CC2CCC1C2. The Balaban J connectivity index is 0.000000289. The summed E-state index contributed by atoms with van der Waals surface area (Å²) in [7, 11) is 0. The maximum atomic E-state index is 2.44. The van der Waals surface area contributed by atoms with E-state index in [2.05, 4.69) is 138 Å². The van der Waals surface area contributed by atoms with Crippen LogP contribution in [0.3, 0.4) is 0 Å². The lowest BCUT2D eigenvalue weighted by atomic mass is 9.56. The van der Waals surface area contributed by atoms with Gasteiger partial charge >= 0.3 is 0 Å². The van der Waals surface area contributed by atoms with Crippen LogP contribution >= 0.6 is 0 Å². The van der Waals surface area contributed by atoms with Crippen molar-refractivity contribution in [3.63, 3.8) is 0 Å². The van der Waals surface area contributed by atoms with Crippen LogP contribution in [0.25, 0.3) is 0 Å². The molecule has 10 rings (SSSR count). The zero-order chi connectivity index (χ0) is 56.2. The van der Waals surface area contributed by atoms with Gasteiger partial charge in [-0.3, -0.25) is 0 Å². The number of hydrogen-bond acceptors (Lipinski definition) is 0. The van der Waals surface area contributed by atoms with Gasteiger partial charge < -0.3 is 0 Å². The van der Waals surface area contributed by atoms with Crippen LogP contribution < -0.4 is 0 Å². The van der Waals surface area contributed by atoms with E-state index in [1.165, 1.54) is 186 Å². The van der Waals surface area contributed by atoms with Crippen LogP contribution in [-0.2, 0) is 0 Å². The Morgan fingerprint density at radius 3 is 0.987 bits per heavy atom. The van der Waals surface area contributed by atoms with Crippen molar-refractivity contribution in [3.05, 3.63) is 0 Å². The molecule has 0 heterocycles. The second-order valence-electron chi connectivity index (χ2n) is 32.9. The van der Waals surface area contributed by atoms with Gasteiger partial charge in [0, 0.05) is 0 Å². The van der Waals surface area contributed by atoms with Crippen molar-refractivity contribution in [3.8, 4) is 0 Å². The highest BCUT2D eigenvalue weighted by Gasteiger charge is 2.42. The lowest BCUT2D eigenvalue weighted by Crippen LogP contribution is -2.41. The lowest BCUT2D eigenvalue weighted by Gasteiger charge is -2.49. The van der Waals surface area contributed by atoms with Crippen molar-refractivity contribution in [2.45, 2.75) is 376 Å². The molecule has 0 amide bonds. The normalized spacial score (nSPS) is 34.1. The maximum Gasteiger partial charge on any atom is -0.0257 e. The monoisotopic (exact) mass is 1050 g/mol. The van der Waals surface area contributed by atoms with Crippen LogP contribution in [0.1, 0.15) is 376 Å². The zero-order valence-electron chi connectivity index (χ0n) is 56.2. The largest absolute Gasteiger partial charge is 0.0654 e. The molecule has 0 heteroatoms. The summed E-state index contributed by atoms with van der Waals surface area (Å²) in [6.07, 6.45) is 55.3. The van der Waals surface area contributed by atoms with Gasteiger partial charge in [0.05, 0.1) is 0 Å². The third-order valence-corrected chi connectivity index (χ3v) is 23.9. The molecule has 0 radical (unpaired) electrons. The first-order valence-electron chi connectivity index (χ1n) is 35.2. The Labute approximate surface area is 478 Å². The van der Waals surface area contributed by atoms with E-state index >= 15 is 0 Å². The molecule has 10 fully saturated rings. The van der Waals surface area contributed by atoms with Gasteiger partial charge in [0.25, 0.3) is 0 Å². The Hall–Kier alpha value is 0. The van der Waals surface area contributed by atoms with E-state index in [1.54, 1.807) is 51.4 Å². The lowest BCUT2D eigenvalue weighted by molar-refractivity contribution is 0.00575. The Bertz CT molecular complexity index is 1250. The first-order chi connectivity index (χ1) is 35.2. The molecular formula is C75H148. The van der Waals surface area contributed by atoms with Gasteiger partial charge in [0.2, 0.25) is 0 Å². The van der Waals surface area contributed by atoms with Crippen LogP contribution in [0, 0.1) is 105 Å². The molecule has 0 aromatic rings. The topological polar surface area (TPSA) is 0 Å². The molecule has 0 nitrogen and oxygen atoms in total. The number of hydrogen-bond donors (Lipinski definition) is 0. The minimum atomic E-state index is 0.375. The van der Waals surface area contributed by atoms with Crippen molar-refractivity contribution in [1.29, 1.82) is 0 Å². The van der Waals surface area contributed by atoms with Crippen molar-refractivity contribution in [1.82, 2.24) is 0 Å². The minimum absolute atomic E-state index is 0.375. The highest BCUT2D eigenvalue weighted by atomic mass is 14.5. The van der Waals surface area contributed by atoms with E-state index < -0.39 is 0 Å². The fraction of sp³-hybridized carbons (Fsp3) is 1.00. The molecule has 0 saturated heterocycles. The molecule has 7 atom stereocenters. The molecule has 4 bridgehead atoms. The van der Waals surface area contributed by atoms with Gasteiger partial charge in [0.1, 0.15) is 0 Å². The van der Waals surface area contributed by atoms with Crippen LogP contribution in [-0.4, -0.2) is 0 Å². The van der Waals surface area contributed by atoms with E-state index in [0.29, 0.717) is 21.7 Å². The first-order valence-corrected chi connectivity index (χ1v) is 35.2. The van der Waals surface area contributed by atoms with Gasteiger partial charge in [-0.25, -0.2) is 0 Å². The zero-order valence-corrected chi connectivity index (χ0v) is 56.2. The van der Waals surface area contributed by atoms with Gasteiger partial charge in [0.15, 0.2) is 0 Å². The summed E-state index contributed by atoms with van der Waals surface area (Å²) in [6, 6.07) is 0. The molecule has 75 heavy (non-hydrogen) atoms. The van der Waals surface area contributed by atoms with E-state index in [-0.39, 0.29) is 0 Å². The van der Waals surface area contributed by atoms with Crippen molar-refractivity contribution in [2.75, 3.05) is 0 Å². The highest BCUT2D eigenvalue weighted by molar-refractivity contribution is 4.92. The Kier molecular flexibility index (Phi) is 35.2. The second-order valence-corrected chi connectivity index (χ2v) is 32.9.